The molecule has 3 rings (SSSR count). The molecule has 0 saturated heterocycles. The molecule has 3 aliphatic carbocycles. The topological polar surface area (TPSA) is 9.23 Å². The van der Waals surface area contributed by atoms with Crippen LogP contribution in [-0.2, 0) is 4.74 Å². The molecule has 0 aromatic rings. The molecule has 1 unspecified atom stereocenters. The van der Waals surface area contributed by atoms with Crippen molar-refractivity contribution < 1.29 is 4.74 Å². The van der Waals surface area contributed by atoms with Crippen molar-refractivity contribution in [3.63, 3.8) is 0 Å². The van der Waals surface area contributed by atoms with Crippen molar-refractivity contribution in [3.05, 3.63) is 12.2 Å². The van der Waals surface area contributed by atoms with Gasteiger partial charge in [-0.15, -0.1) is 0 Å². The highest BCUT2D eigenvalue weighted by Gasteiger charge is 2.63. The fourth-order valence-electron chi connectivity index (χ4n) is 5.31. The fraction of sp³-hybridized carbons (Fsp3) is 0.875. The Morgan fingerprint density at radius 2 is 2.06 bits per heavy atom. The first-order valence-corrected chi connectivity index (χ1v) is 7.15. The lowest BCUT2D eigenvalue weighted by Gasteiger charge is -2.48. The molecule has 3 saturated carbocycles. The molecule has 2 bridgehead atoms. The number of ether oxygens (including phenoxy) is 1. The van der Waals surface area contributed by atoms with Crippen molar-refractivity contribution >= 4 is 0 Å². The maximum Gasteiger partial charge on any atom is 0.0608 e. The summed E-state index contributed by atoms with van der Waals surface area (Å²) in [6.45, 7) is 11.7. The van der Waals surface area contributed by atoms with Crippen LogP contribution in [0.25, 0.3) is 0 Å². The molecular formula is C16H26O. The van der Waals surface area contributed by atoms with Gasteiger partial charge in [-0.2, -0.15) is 0 Å². The molecule has 0 aliphatic heterocycles. The van der Waals surface area contributed by atoms with Crippen molar-refractivity contribution in [1.82, 2.24) is 0 Å². The Kier molecular flexibility index (Phi) is 2.34. The predicted molar refractivity (Wildman–Crippen MR) is 70.8 cm³/mol. The highest BCUT2D eigenvalue weighted by atomic mass is 16.5. The monoisotopic (exact) mass is 234 g/mol. The van der Waals surface area contributed by atoms with Crippen molar-refractivity contribution in [1.29, 1.82) is 0 Å². The zero-order chi connectivity index (χ0) is 12.4. The van der Waals surface area contributed by atoms with Gasteiger partial charge in [0.25, 0.3) is 0 Å². The standard InChI is InChI=1S/C16H26O/c1-10-13-8-14(17-5)11(2)16(13)7-6-12(9-16)15(10,3)4/h11-14H,1,6-9H2,2-5H3/t11-,12+,13?,14-,16-/m0/s1. The minimum Gasteiger partial charge on any atom is -0.381 e. The van der Waals surface area contributed by atoms with Crippen molar-refractivity contribution in [2.24, 2.45) is 28.6 Å². The third-order valence-electron chi connectivity index (χ3n) is 6.78. The summed E-state index contributed by atoms with van der Waals surface area (Å²) >= 11 is 0. The molecule has 1 heteroatoms. The van der Waals surface area contributed by atoms with Gasteiger partial charge in [0.05, 0.1) is 6.10 Å². The Bertz CT molecular complexity index is 357. The van der Waals surface area contributed by atoms with E-state index in [1.54, 1.807) is 0 Å². The third-order valence-corrected chi connectivity index (χ3v) is 6.78. The van der Waals surface area contributed by atoms with E-state index in [9.17, 15) is 0 Å². The lowest BCUT2D eigenvalue weighted by molar-refractivity contribution is 0.0337. The van der Waals surface area contributed by atoms with E-state index in [1.807, 2.05) is 7.11 Å². The molecule has 0 amide bonds. The van der Waals surface area contributed by atoms with Crippen LogP contribution >= 0.6 is 0 Å². The molecule has 0 heterocycles. The lowest BCUT2D eigenvalue weighted by Crippen LogP contribution is -2.41. The van der Waals surface area contributed by atoms with Crippen LogP contribution < -0.4 is 0 Å². The Hall–Kier alpha value is -0.300. The maximum absolute atomic E-state index is 5.74. The average molecular weight is 234 g/mol. The van der Waals surface area contributed by atoms with Crippen LogP contribution in [-0.4, -0.2) is 13.2 Å². The van der Waals surface area contributed by atoms with Gasteiger partial charge in [0, 0.05) is 7.11 Å². The number of hydrogen-bond acceptors (Lipinski definition) is 1. The van der Waals surface area contributed by atoms with E-state index >= 15 is 0 Å². The first-order chi connectivity index (χ1) is 7.93. The summed E-state index contributed by atoms with van der Waals surface area (Å²) in [6.07, 6.45) is 5.91. The largest absolute Gasteiger partial charge is 0.381 e. The number of methoxy groups -OCH3 is 1. The molecule has 96 valence electrons. The minimum atomic E-state index is 0.354. The Labute approximate surface area is 106 Å². The number of fused-ring (bicyclic) bond motifs is 1. The fourth-order valence-corrected chi connectivity index (χ4v) is 5.31. The zero-order valence-electron chi connectivity index (χ0n) is 11.8. The molecule has 5 atom stereocenters. The summed E-state index contributed by atoms with van der Waals surface area (Å²) in [5.74, 6) is 2.30. The average Bonchev–Trinajstić information content (AvgIpc) is 2.82. The van der Waals surface area contributed by atoms with Gasteiger partial charge in [-0.3, -0.25) is 0 Å². The smallest absolute Gasteiger partial charge is 0.0608 e. The first kappa shape index (κ1) is 11.8. The Morgan fingerprint density at radius 1 is 1.35 bits per heavy atom. The summed E-state index contributed by atoms with van der Waals surface area (Å²) in [4.78, 5) is 0. The van der Waals surface area contributed by atoms with E-state index < -0.39 is 0 Å². The molecule has 3 aliphatic rings. The van der Waals surface area contributed by atoms with Crippen LogP contribution in [0.2, 0.25) is 0 Å². The van der Waals surface area contributed by atoms with Gasteiger partial charge in [0.15, 0.2) is 0 Å². The first-order valence-electron chi connectivity index (χ1n) is 7.15. The van der Waals surface area contributed by atoms with E-state index in [2.05, 4.69) is 27.4 Å². The molecule has 0 aromatic heterocycles. The molecule has 3 fully saturated rings. The highest BCUT2D eigenvalue weighted by molar-refractivity contribution is 5.28. The van der Waals surface area contributed by atoms with E-state index in [0.717, 1.165) is 17.8 Å². The van der Waals surface area contributed by atoms with E-state index in [1.165, 1.54) is 31.3 Å². The summed E-state index contributed by atoms with van der Waals surface area (Å²) < 4.78 is 5.74. The van der Waals surface area contributed by atoms with Gasteiger partial charge in [-0.25, -0.2) is 0 Å². The van der Waals surface area contributed by atoms with E-state index in [0.29, 0.717) is 16.9 Å². The molecule has 17 heavy (non-hydrogen) atoms. The molecule has 0 radical (unpaired) electrons. The van der Waals surface area contributed by atoms with Crippen molar-refractivity contribution in [2.75, 3.05) is 7.11 Å². The second kappa shape index (κ2) is 3.38. The lowest BCUT2D eigenvalue weighted by atomic mass is 9.56. The third kappa shape index (κ3) is 1.24. The van der Waals surface area contributed by atoms with Gasteiger partial charge in [-0.1, -0.05) is 32.9 Å². The zero-order valence-corrected chi connectivity index (χ0v) is 11.8. The predicted octanol–water partition coefficient (Wildman–Crippen LogP) is 4.04. The second-order valence-electron chi connectivity index (χ2n) is 7.27. The number of allylic oxidation sites excluding steroid dienone is 1. The van der Waals surface area contributed by atoms with Gasteiger partial charge in [-0.05, 0) is 54.3 Å². The highest BCUT2D eigenvalue weighted by Crippen LogP contribution is 2.70. The summed E-state index contributed by atoms with van der Waals surface area (Å²) in [7, 11) is 1.88. The molecule has 0 aromatic carbocycles. The van der Waals surface area contributed by atoms with Gasteiger partial charge < -0.3 is 4.74 Å². The molecule has 1 nitrogen and oxygen atoms in total. The quantitative estimate of drug-likeness (QED) is 0.622. The van der Waals surface area contributed by atoms with Crippen LogP contribution in [0.15, 0.2) is 12.2 Å². The number of rotatable bonds is 1. The molecule has 1 spiro atoms. The van der Waals surface area contributed by atoms with Gasteiger partial charge in [0.2, 0.25) is 0 Å². The SMILES string of the molecule is C=C1C2C[C@H](OC)[C@H](C)[C@@]23CC[C@H](C3)C1(C)C. The minimum absolute atomic E-state index is 0.354. The second-order valence-corrected chi connectivity index (χ2v) is 7.27. The summed E-state index contributed by atoms with van der Waals surface area (Å²) in [5, 5.41) is 0. The van der Waals surface area contributed by atoms with Crippen molar-refractivity contribution in [3.8, 4) is 0 Å². The van der Waals surface area contributed by atoms with Crippen LogP contribution in [0.5, 0.6) is 0 Å². The molecular weight excluding hydrogens is 208 g/mol. The molecule has 0 N–H and O–H groups in total. The normalized spacial score (nSPS) is 51.6. The van der Waals surface area contributed by atoms with Crippen molar-refractivity contribution in [2.45, 2.75) is 52.6 Å². The Balaban J connectivity index is 2.03. The van der Waals surface area contributed by atoms with Crippen LogP contribution in [0, 0.1) is 28.6 Å². The Morgan fingerprint density at radius 3 is 2.71 bits per heavy atom. The van der Waals surface area contributed by atoms with Crippen LogP contribution in [0.1, 0.15) is 46.5 Å². The summed E-state index contributed by atoms with van der Waals surface area (Å²) in [5.41, 5.74) is 2.42. The van der Waals surface area contributed by atoms with E-state index in [4.69, 9.17) is 4.74 Å². The van der Waals surface area contributed by atoms with E-state index in [-0.39, 0.29) is 0 Å². The number of hydrogen-bond donors (Lipinski definition) is 0. The van der Waals surface area contributed by atoms with Crippen LogP contribution in [0.3, 0.4) is 0 Å². The van der Waals surface area contributed by atoms with Gasteiger partial charge in [0.1, 0.15) is 0 Å². The summed E-state index contributed by atoms with van der Waals surface area (Å²) in [6, 6.07) is 0. The van der Waals surface area contributed by atoms with Gasteiger partial charge >= 0.3 is 0 Å². The maximum atomic E-state index is 5.74. The van der Waals surface area contributed by atoms with Crippen LogP contribution in [0.4, 0.5) is 0 Å².